The van der Waals surface area contributed by atoms with Crippen LogP contribution in [0.25, 0.3) is 0 Å². The molecule has 0 aromatic carbocycles. The Bertz CT molecular complexity index is 230. The first-order valence-electron chi connectivity index (χ1n) is 4.42. The highest BCUT2D eigenvalue weighted by atomic mass is 32.2. The first-order chi connectivity index (χ1) is 6.37. The maximum Gasteiger partial charge on any atom is 0.264 e. The van der Waals surface area contributed by atoms with E-state index in [0.29, 0.717) is 13.0 Å². The molecule has 0 rings (SSSR count). The summed E-state index contributed by atoms with van der Waals surface area (Å²) in [5.74, 6) is 0.0926. The molecule has 5 nitrogen and oxygen atoms in total. The highest BCUT2D eigenvalue weighted by Crippen LogP contribution is 1.86. The van der Waals surface area contributed by atoms with Crippen LogP contribution in [-0.4, -0.2) is 34.2 Å². The number of rotatable bonds is 4. The van der Waals surface area contributed by atoms with E-state index in [1.807, 2.05) is 13.8 Å². The maximum atomic E-state index is 10.2. The number of hydrogen-bond acceptors (Lipinski definition) is 4. The molecule has 0 saturated carbocycles. The zero-order valence-corrected chi connectivity index (χ0v) is 9.98. The third kappa shape index (κ3) is 17.5. The zero-order valence-electron chi connectivity index (χ0n) is 9.16. The summed E-state index contributed by atoms with van der Waals surface area (Å²) in [6.07, 6.45) is 2.35. The molecule has 0 aliphatic rings. The second-order valence-electron chi connectivity index (χ2n) is 2.55. The summed E-state index contributed by atoms with van der Waals surface area (Å²) < 4.78 is 24.7. The van der Waals surface area contributed by atoms with Gasteiger partial charge in [0.1, 0.15) is 0 Å². The maximum absolute atomic E-state index is 10.2. The minimum absolute atomic E-state index is 0.0926. The summed E-state index contributed by atoms with van der Waals surface area (Å²) in [6, 6.07) is 0. The second-order valence-corrected chi connectivity index (χ2v) is 4.20. The fraction of sp³-hybridized carbons (Fsp3) is 0.875. The van der Waals surface area contributed by atoms with Crippen molar-refractivity contribution >= 4 is 16.0 Å². The van der Waals surface area contributed by atoms with E-state index in [-0.39, 0.29) is 5.91 Å². The molecule has 0 radical (unpaired) electrons. The van der Waals surface area contributed by atoms with Crippen molar-refractivity contribution in [1.29, 1.82) is 0 Å². The Labute approximate surface area is 86.0 Å². The van der Waals surface area contributed by atoms with Gasteiger partial charge in [-0.2, -0.15) is 8.42 Å². The van der Waals surface area contributed by atoms with Gasteiger partial charge in [-0.3, -0.25) is 8.98 Å². The molecule has 0 aliphatic carbocycles. The van der Waals surface area contributed by atoms with Gasteiger partial charge in [0.25, 0.3) is 10.1 Å². The number of hydrogen-bond donors (Lipinski definition) is 1. The van der Waals surface area contributed by atoms with Crippen LogP contribution in [0.4, 0.5) is 0 Å². The normalized spacial score (nSPS) is 10.0. The lowest BCUT2D eigenvalue weighted by Crippen LogP contribution is -2.15. The summed E-state index contributed by atoms with van der Waals surface area (Å²) in [5, 5.41) is 2.48. The molecule has 86 valence electrons. The Kier molecular flexibility index (Phi) is 10.1. The van der Waals surface area contributed by atoms with Crippen LogP contribution >= 0.6 is 0 Å². The third-order valence-electron chi connectivity index (χ3n) is 1.10. The molecular weight excluding hydrogens is 206 g/mol. The average Bonchev–Trinajstić information content (AvgIpc) is 2.13. The van der Waals surface area contributed by atoms with E-state index in [9.17, 15) is 13.2 Å². The monoisotopic (exact) mass is 225 g/mol. The van der Waals surface area contributed by atoms with Gasteiger partial charge >= 0.3 is 0 Å². The SMILES string of the molecule is CCC(=O)NC.CCCOS(C)(=O)=O. The van der Waals surface area contributed by atoms with Crippen LogP contribution in [0.3, 0.4) is 0 Å². The molecule has 0 aromatic rings. The molecule has 14 heavy (non-hydrogen) atoms. The van der Waals surface area contributed by atoms with Gasteiger partial charge in [-0.1, -0.05) is 13.8 Å². The minimum Gasteiger partial charge on any atom is -0.359 e. The first kappa shape index (κ1) is 15.8. The molecule has 0 aliphatic heterocycles. The van der Waals surface area contributed by atoms with Crippen molar-refractivity contribution in [2.24, 2.45) is 0 Å². The quantitative estimate of drug-likeness (QED) is 0.708. The molecule has 0 unspecified atom stereocenters. The predicted octanol–water partition coefficient (Wildman–Crippen LogP) is 0.515. The molecule has 0 aromatic heterocycles. The van der Waals surface area contributed by atoms with Gasteiger partial charge in [-0.05, 0) is 6.42 Å². The smallest absolute Gasteiger partial charge is 0.264 e. The van der Waals surface area contributed by atoms with Gasteiger partial charge in [0.15, 0.2) is 0 Å². The summed E-state index contributed by atoms with van der Waals surface area (Å²) in [7, 11) is -1.56. The summed E-state index contributed by atoms with van der Waals surface area (Å²) >= 11 is 0. The topological polar surface area (TPSA) is 72.5 Å². The highest BCUT2D eigenvalue weighted by Gasteiger charge is 1.96. The van der Waals surface area contributed by atoms with E-state index in [1.54, 1.807) is 7.05 Å². The summed E-state index contributed by atoms with van der Waals surface area (Å²) in [4.78, 5) is 10.1. The molecule has 0 fully saturated rings. The molecule has 0 atom stereocenters. The number of amides is 1. The van der Waals surface area contributed by atoms with Crippen LogP contribution in [0.2, 0.25) is 0 Å². The largest absolute Gasteiger partial charge is 0.359 e. The third-order valence-corrected chi connectivity index (χ3v) is 1.70. The van der Waals surface area contributed by atoms with Crippen LogP contribution in [0, 0.1) is 0 Å². The van der Waals surface area contributed by atoms with Crippen molar-refractivity contribution < 1.29 is 17.4 Å². The fourth-order valence-electron chi connectivity index (χ4n) is 0.411. The molecule has 0 spiro atoms. The molecule has 0 saturated heterocycles. The van der Waals surface area contributed by atoms with Crippen molar-refractivity contribution in [3.63, 3.8) is 0 Å². The number of carbonyl (C=O) groups is 1. The predicted molar refractivity (Wildman–Crippen MR) is 55.4 cm³/mol. The van der Waals surface area contributed by atoms with Gasteiger partial charge in [0, 0.05) is 13.5 Å². The number of carbonyl (C=O) groups excluding carboxylic acids is 1. The van der Waals surface area contributed by atoms with Crippen molar-refractivity contribution in [1.82, 2.24) is 5.32 Å². The van der Waals surface area contributed by atoms with Gasteiger partial charge in [-0.25, -0.2) is 0 Å². The van der Waals surface area contributed by atoms with Crippen LogP contribution in [-0.2, 0) is 19.1 Å². The average molecular weight is 225 g/mol. The van der Waals surface area contributed by atoms with Gasteiger partial charge in [0.05, 0.1) is 12.9 Å². The molecule has 6 heteroatoms. The highest BCUT2D eigenvalue weighted by molar-refractivity contribution is 7.85. The van der Waals surface area contributed by atoms with E-state index >= 15 is 0 Å². The Balaban J connectivity index is 0. The fourth-order valence-corrected chi connectivity index (χ4v) is 0.881. The van der Waals surface area contributed by atoms with Crippen molar-refractivity contribution in [3.05, 3.63) is 0 Å². The summed E-state index contributed by atoms with van der Waals surface area (Å²) in [6.45, 7) is 3.96. The Morgan fingerprint density at radius 1 is 1.36 bits per heavy atom. The Morgan fingerprint density at radius 3 is 1.93 bits per heavy atom. The van der Waals surface area contributed by atoms with Crippen molar-refractivity contribution in [2.45, 2.75) is 26.7 Å². The molecule has 0 heterocycles. The molecular formula is C8H19NO4S. The van der Waals surface area contributed by atoms with E-state index in [4.69, 9.17) is 0 Å². The first-order valence-corrected chi connectivity index (χ1v) is 6.24. The Hall–Kier alpha value is -0.620. The molecule has 1 amide bonds. The van der Waals surface area contributed by atoms with Gasteiger partial charge in [0.2, 0.25) is 5.91 Å². The summed E-state index contributed by atoms with van der Waals surface area (Å²) in [5.41, 5.74) is 0. The van der Waals surface area contributed by atoms with Crippen molar-refractivity contribution in [2.75, 3.05) is 19.9 Å². The van der Waals surface area contributed by atoms with Crippen LogP contribution in [0.5, 0.6) is 0 Å². The van der Waals surface area contributed by atoms with E-state index < -0.39 is 10.1 Å². The lowest BCUT2D eigenvalue weighted by molar-refractivity contribution is -0.120. The van der Waals surface area contributed by atoms with E-state index in [1.165, 1.54) is 0 Å². The Morgan fingerprint density at radius 2 is 1.86 bits per heavy atom. The number of nitrogens with one attached hydrogen (secondary N) is 1. The van der Waals surface area contributed by atoms with Gasteiger partial charge in [-0.15, -0.1) is 0 Å². The van der Waals surface area contributed by atoms with E-state index in [0.717, 1.165) is 12.7 Å². The molecule has 1 N–H and O–H groups in total. The minimum atomic E-state index is -3.19. The molecule has 0 bridgehead atoms. The van der Waals surface area contributed by atoms with E-state index in [2.05, 4.69) is 9.50 Å². The lowest BCUT2D eigenvalue weighted by Gasteiger charge is -1.94. The standard InChI is InChI=1S/C4H9NO.C4H10O3S/c1-3-4(6)5-2;1-3-4-7-8(2,5)6/h3H2,1-2H3,(H,5,6);3-4H2,1-2H3. The lowest BCUT2D eigenvalue weighted by atomic mass is 10.5. The van der Waals surface area contributed by atoms with Crippen molar-refractivity contribution in [3.8, 4) is 0 Å². The van der Waals surface area contributed by atoms with Crippen LogP contribution < -0.4 is 5.32 Å². The van der Waals surface area contributed by atoms with Gasteiger partial charge < -0.3 is 5.32 Å². The second kappa shape index (κ2) is 8.96. The zero-order chi connectivity index (χ0) is 11.6. The van der Waals surface area contributed by atoms with Crippen LogP contribution in [0.1, 0.15) is 26.7 Å². The van der Waals surface area contributed by atoms with Crippen LogP contribution in [0.15, 0.2) is 0 Å².